The first-order chi connectivity index (χ1) is 17.5. The van der Waals surface area contributed by atoms with Gasteiger partial charge >= 0.3 is 0 Å². The van der Waals surface area contributed by atoms with Gasteiger partial charge in [-0.25, -0.2) is 4.39 Å². The van der Waals surface area contributed by atoms with E-state index in [2.05, 4.69) is 5.32 Å². The van der Waals surface area contributed by atoms with Crippen molar-refractivity contribution < 1.29 is 18.7 Å². The number of hydrogen-bond acceptors (Lipinski definition) is 3. The van der Waals surface area contributed by atoms with Crippen molar-refractivity contribution in [3.8, 4) is 5.75 Å². The molecule has 1 N–H and O–H groups in total. The van der Waals surface area contributed by atoms with E-state index in [1.165, 1.54) is 12.1 Å². The van der Waals surface area contributed by atoms with Crippen molar-refractivity contribution in [1.29, 1.82) is 0 Å². The predicted octanol–water partition coefficient (Wildman–Crippen LogP) is 5.93. The molecule has 182 valence electrons. The van der Waals surface area contributed by atoms with Crippen molar-refractivity contribution in [2.45, 2.75) is 19.9 Å². The number of halogens is 1. The summed E-state index contributed by atoms with van der Waals surface area (Å²) in [5.41, 5.74) is 3.96. The molecule has 6 heteroatoms. The normalized spacial score (nSPS) is 10.5. The Kier molecular flexibility index (Phi) is 8.08. The number of carbonyl (C=O) groups excluding carboxylic acids is 2. The molecule has 5 nitrogen and oxygen atoms in total. The van der Waals surface area contributed by atoms with Crippen molar-refractivity contribution in [3.05, 3.63) is 126 Å². The number of hydrogen-bond donors (Lipinski definition) is 1. The van der Waals surface area contributed by atoms with Gasteiger partial charge in [-0.05, 0) is 72.1 Å². The van der Waals surface area contributed by atoms with Crippen LogP contribution in [0.3, 0.4) is 0 Å². The molecule has 0 heterocycles. The van der Waals surface area contributed by atoms with Gasteiger partial charge in [-0.3, -0.25) is 9.59 Å². The number of nitrogens with zero attached hydrogens (tertiary/aromatic N) is 1. The van der Waals surface area contributed by atoms with E-state index in [1.54, 1.807) is 29.2 Å². The molecule has 4 rings (SSSR count). The summed E-state index contributed by atoms with van der Waals surface area (Å²) in [6, 6.07) is 30.0. The highest BCUT2D eigenvalue weighted by Gasteiger charge is 2.18. The predicted molar refractivity (Wildman–Crippen MR) is 139 cm³/mol. The highest BCUT2D eigenvalue weighted by molar-refractivity contribution is 5.95. The molecule has 0 atom stereocenters. The highest BCUT2D eigenvalue weighted by atomic mass is 19.1. The number of nitrogens with one attached hydrogen (secondary N) is 1. The monoisotopic (exact) mass is 482 g/mol. The van der Waals surface area contributed by atoms with Crippen LogP contribution in [-0.2, 0) is 22.6 Å². The fourth-order valence-electron chi connectivity index (χ4n) is 3.78. The molecule has 0 aliphatic rings. The number of carbonyl (C=O) groups is 2. The minimum Gasteiger partial charge on any atom is -0.484 e. The number of rotatable bonds is 9. The Labute approximate surface area is 210 Å². The van der Waals surface area contributed by atoms with E-state index in [0.29, 0.717) is 11.4 Å². The van der Waals surface area contributed by atoms with E-state index in [0.717, 1.165) is 22.4 Å². The van der Waals surface area contributed by atoms with Crippen LogP contribution in [0, 0.1) is 12.7 Å². The number of benzene rings is 4. The average molecular weight is 483 g/mol. The fourth-order valence-corrected chi connectivity index (χ4v) is 3.78. The van der Waals surface area contributed by atoms with Gasteiger partial charge in [0, 0.05) is 11.4 Å². The molecular formula is C30H27FN2O3. The van der Waals surface area contributed by atoms with Crippen molar-refractivity contribution in [2.24, 2.45) is 0 Å². The molecule has 4 aromatic carbocycles. The Hall–Kier alpha value is -4.45. The van der Waals surface area contributed by atoms with Crippen LogP contribution < -0.4 is 15.0 Å². The first-order valence-electron chi connectivity index (χ1n) is 11.6. The summed E-state index contributed by atoms with van der Waals surface area (Å²) >= 11 is 0. The molecule has 0 radical (unpaired) electrons. The number of para-hydroxylation sites is 1. The molecular weight excluding hydrogens is 455 g/mol. The molecule has 0 aliphatic heterocycles. The number of amides is 2. The third-order valence-electron chi connectivity index (χ3n) is 5.55. The molecule has 0 aliphatic carbocycles. The van der Waals surface area contributed by atoms with E-state index in [4.69, 9.17) is 4.74 Å². The van der Waals surface area contributed by atoms with Gasteiger partial charge in [0.1, 0.15) is 11.6 Å². The van der Waals surface area contributed by atoms with Crippen LogP contribution in [0.15, 0.2) is 103 Å². The zero-order valence-corrected chi connectivity index (χ0v) is 20.0. The lowest BCUT2D eigenvalue weighted by atomic mass is 10.1. The standard InChI is InChI=1S/C30H27FN2O3/c1-22-7-5-9-26(17-22)32-29(34)19-24-8-6-10-27(18-24)33(20-23-13-15-25(31)16-14-23)30(35)21-36-28-11-3-2-4-12-28/h2-18H,19-21H2,1H3,(H,32,34). The van der Waals surface area contributed by atoms with Gasteiger partial charge in [-0.15, -0.1) is 0 Å². The van der Waals surface area contributed by atoms with Crippen LogP contribution >= 0.6 is 0 Å². The minimum absolute atomic E-state index is 0.151. The molecule has 0 bridgehead atoms. The van der Waals surface area contributed by atoms with E-state index < -0.39 is 0 Å². The van der Waals surface area contributed by atoms with Crippen molar-refractivity contribution in [1.82, 2.24) is 0 Å². The lowest BCUT2D eigenvalue weighted by Crippen LogP contribution is -2.34. The smallest absolute Gasteiger partial charge is 0.265 e. The zero-order valence-electron chi connectivity index (χ0n) is 20.0. The second kappa shape index (κ2) is 11.8. The molecule has 0 saturated heterocycles. The maximum Gasteiger partial charge on any atom is 0.265 e. The summed E-state index contributed by atoms with van der Waals surface area (Å²) in [7, 11) is 0. The molecule has 4 aromatic rings. The van der Waals surface area contributed by atoms with Crippen molar-refractivity contribution >= 4 is 23.2 Å². The number of anilines is 2. The molecule has 0 spiro atoms. The molecule has 36 heavy (non-hydrogen) atoms. The summed E-state index contributed by atoms with van der Waals surface area (Å²) in [5, 5.41) is 2.91. The van der Waals surface area contributed by atoms with Gasteiger partial charge in [0.2, 0.25) is 5.91 Å². The zero-order chi connectivity index (χ0) is 25.3. The second-order valence-corrected chi connectivity index (χ2v) is 8.47. The Morgan fingerprint density at radius 2 is 1.58 bits per heavy atom. The second-order valence-electron chi connectivity index (χ2n) is 8.47. The van der Waals surface area contributed by atoms with E-state index in [9.17, 15) is 14.0 Å². The van der Waals surface area contributed by atoms with Crippen LogP contribution in [0.4, 0.5) is 15.8 Å². The third-order valence-corrected chi connectivity index (χ3v) is 5.55. The summed E-state index contributed by atoms with van der Waals surface area (Å²) in [6.07, 6.45) is 0.154. The van der Waals surface area contributed by atoms with Gasteiger partial charge in [0.15, 0.2) is 6.61 Å². The average Bonchev–Trinajstić information content (AvgIpc) is 2.87. The van der Waals surface area contributed by atoms with Crippen LogP contribution in [0.25, 0.3) is 0 Å². The number of aryl methyl sites for hydroxylation is 1. The van der Waals surface area contributed by atoms with Gasteiger partial charge in [0.25, 0.3) is 5.91 Å². The first-order valence-corrected chi connectivity index (χ1v) is 11.6. The molecule has 2 amide bonds. The van der Waals surface area contributed by atoms with Crippen LogP contribution in [0.2, 0.25) is 0 Å². The van der Waals surface area contributed by atoms with Crippen molar-refractivity contribution in [3.63, 3.8) is 0 Å². The third kappa shape index (κ3) is 7.03. The largest absolute Gasteiger partial charge is 0.484 e. The number of ether oxygens (including phenoxy) is 1. The minimum atomic E-state index is -0.342. The van der Waals surface area contributed by atoms with Crippen LogP contribution in [0.1, 0.15) is 16.7 Å². The topological polar surface area (TPSA) is 58.6 Å². The Balaban J connectivity index is 1.51. The summed E-state index contributed by atoms with van der Waals surface area (Å²) in [4.78, 5) is 27.5. The lowest BCUT2D eigenvalue weighted by molar-refractivity contribution is -0.120. The van der Waals surface area contributed by atoms with Gasteiger partial charge in [-0.1, -0.05) is 54.6 Å². The van der Waals surface area contributed by atoms with Crippen molar-refractivity contribution in [2.75, 3.05) is 16.8 Å². The Morgan fingerprint density at radius 3 is 2.33 bits per heavy atom. The molecule has 0 fully saturated rings. The van der Waals surface area contributed by atoms with E-state index >= 15 is 0 Å². The fraction of sp³-hybridized carbons (Fsp3) is 0.133. The van der Waals surface area contributed by atoms with Gasteiger partial charge in [-0.2, -0.15) is 0 Å². The quantitative estimate of drug-likeness (QED) is 0.322. The first kappa shape index (κ1) is 24.7. The highest BCUT2D eigenvalue weighted by Crippen LogP contribution is 2.21. The molecule has 0 unspecified atom stereocenters. The van der Waals surface area contributed by atoms with Crippen LogP contribution in [-0.4, -0.2) is 18.4 Å². The SMILES string of the molecule is Cc1cccc(NC(=O)Cc2cccc(N(Cc3ccc(F)cc3)C(=O)COc3ccccc3)c2)c1. The van der Waals surface area contributed by atoms with E-state index in [-0.39, 0.29) is 37.2 Å². The maximum absolute atomic E-state index is 13.4. The molecule has 0 saturated carbocycles. The van der Waals surface area contributed by atoms with Gasteiger partial charge in [0.05, 0.1) is 13.0 Å². The molecule has 0 aromatic heterocycles. The Morgan fingerprint density at radius 1 is 0.833 bits per heavy atom. The van der Waals surface area contributed by atoms with Gasteiger partial charge < -0.3 is 15.0 Å². The maximum atomic E-state index is 13.4. The summed E-state index contributed by atoms with van der Waals surface area (Å²) < 4.78 is 19.1. The lowest BCUT2D eigenvalue weighted by Gasteiger charge is -2.24. The summed E-state index contributed by atoms with van der Waals surface area (Å²) in [6.45, 7) is 2.03. The summed E-state index contributed by atoms with van der Waals surface area (Å²) in [5.74, 6) is -0.161. The van der Waals surface area contributed by atoms with Crippen LogP contribution in [0.5, 0.6) is 5.75 Å². The Bertz CT molecular complexity index is 1320. The van der Waals surface area contributed by atoms with E-state index in [1.807, 2.05) is 73.7 Å².